The second kappa shape index (κ2) is 6.14. The SMILES string of the molecule is CCc1nn(C)c(CC)c1CC(=O)Nc1nnc(C)n1C1CC1. The maximum atomic E-state index is 12.5. The summed E-state index contributed by atoms with van der Waals surface area (Å²) >= 11 is 0. The zero-order valence-electron chi connectivity index (χ0n) is 14.3. The predicted octanol–water partition coefficient (Wildman–Crippen LogP) is 1.96. The van der Waals surface area contributed by atoms with Gasteiger partial charge in [-0.05, 0) is 32.6 Å². The van der Waals surface area contributed by atoms with Crippen LogP contribution in [0, 0.1) is 6.92 Å². The summed E-state index contributed by atoms with van der Waals surface area (Å²) in [4.78, 5) is 12.5. The van der Waals surface area contributed by atoms with Crippen molar-refractivity contribution in [3.05, 3.63) is 22.8 Å². The third kappa shape index (κ3) is 3.00. The van der Waals surface area contributed by atoms with Crippen molar-refractivity contribution in [3.8, 4) is 0 Å². The van der Waals surface area contributed by atoms with Crippen molar-refractivity contribution in [2.75, 3.05) is 5.32 Å². The van der Waals surface area contributed by atoms with Crippen LogP contribution in [0.1, 0.15) is 55.5 Å². The maximum absolute atomic E-state index is 12.5. The van der Waals surface area contributed by atoms with E-state index in [0.717, 1.165) is 48.5 Å². The van der Waals surface area contributed by atoms with E-state index in [9.17, 15) is 4.79 Å². The van der Waals surface area contributed by atoms with Crippen LogP contribution in [0.15, 0.2) is 0 Å². The first-order valence-corrected chi connectivity index (χ1v) is 8.30. The number of anilines is 1. The molecule has 1 aliphatic rings. The first-order valence-electron chi connectivity index (χ1n) is 8.30. The summed E-state index contributed by atoms with van der Waals surface area (Å²) in [7, 11) is 1.94. The fraction of sp³-hybridized carbons (Fsp3) is 0.625. The molecule has 0 spiro atoms. The second-order valence-corrected chi connectivity index (χ2v) is 6.10. The summed E-state index contributed by atoms with van der Waals surface area (Å²) in [6.45, 7) is 6.08. The Hall–Kier alpha value is -2.18. The van der Waals surface area contributed by atoms with E-state index in [2.05, 4.69) is 34.5 Å². The van der Waals surface area contributed by atoms with Crippen molar-refractivity contribution in [1.29, 1.82) is 0 Å². The first-order chi connectivity index (χ1) is 11.0. The molecule has 0 unspecified atom stereocenters. The average Bonchev–Trinajstić information content (AvgIpc) is 3.22. The van der Waals surface area contributed by atoms with Crippen LogP contribution < -0.4 is 5.32 Å². The number of aromatic nitrogens is 5. The molecule has 0 aromatic carbocycles. The van der Waals surface area contributed by atoms with Gasteiger partial charge in [0.25, 0.3) is 0 Å². The van der Waals surface area contributed by atoms with Gasteiger partial charge in [0, 0.05) is 24.3 Å². The van der Waals surface area contributed by atoms with Crippen molar-refractivity contribution >= 4 is 11.9 Å². The number of rotatable bonds is 6. The minimum absolute atomic E-state index is 0.0586. The van der Waals surface area contributed by atoms with Gasteiger partial charge in [-0.15, -0.1) is 10.2 Å². The van der Waals surface area contributed by atoms with Crippen LogP contribution >= 0.6 is 0 Å². The van der Waals surface area contributed by atoms with Gasteiger partial charge in [-0.1, -0.05) is 13.8 Å². The molecule has 0 bridgehead atoms. The lowest BCUT2D eigenvalue weighted by atomic mass is 10.1. The molecular formula is C16H24N6O. The maximum Gasteiger partial charge on any atom is 0.231 e. The third-order valence-electron chi connectivity index (χ3n) is 4.39. The van der Waals surface area contributed by atoms with Gasteiger partial charge in [-0.2, -0.15) is 5.10 Å². The van der Waals surface area contributed by atoms with Gasteiger partial charge in [0.1, 0.15) is 5.82 Å². The van der Waals surface area contributed by atoms with Crippen LogP contribution in [0.25, 0.3) is 0 Å². The van der Waals surface area contributed by atoms with E-state index >= 15 is 0 Å². The van der Waals surface area contributed by atoms with Gasteiger partial charge in [-0.3, -0.25) is 19.4 Å². The standard InChI is InChI=1S/C16H24N6O/c1-5-13-12(14(6-2)21(4)20-13)9-15(23)17-16-19-18-10(3)22(16)11-7-8-11/h11H,5-9H2,1-4H3,(H,17,19,23). The van der Waals surface area contributed by atoms with Crippen LogP contribution in [-0.4, -0.2) is 30.5 Å². The van der Waals surface area contributed by atoms with E-state index in [1.54, 1.807) is 0 Å². The largest absolute Gasteiger partial charge is 0.294 e. The smallest absolute Gasteiger partial charge is 0.231 e. The molecule has 2 aromatic heterocycles. The van der Waals surface area contributed by atoms with Crippen LogP contribution in [0.2, 0.25) is 0 Å². The molecule has 7 nitrogen and oxygen atoms in total. The highest BCUT2D eigenvalue weighted by Gasteiger charge is 2.29. The Kier molecular flexibility index (Phi) is 4.19. The monoisotopic (exact) mass is 316 g/mol. The van der Waals surface area contributed by atoms with Crippen LogP contribution in [0.5, 0.6) is 0 Å². The lowest BCUT2D eigenvalue weighted by molar-refractivity contribution is -0.115. The Morgan fingerprint density at radius 2 is 2.00 bits per heavy atom. The van der Waals surface area contributed by atoms with Gasteiger partial charge in [0.15, 0.2) is 0 Å². The van der Waals surface area contributed by atoms with Crippen molar-refractivity contribution in [2.24, 2.45) is 7.05 Å². The summed E-state index contributed by atoms with van der Waals surface area (Å²) in [6, 6.07) is 0.441. The minimum Gasteiger partial charge on any atom is -0.294 e. The molecule has 0 radical (unpaired) electrons. The average molecular weight is 316 g/mol. The molecule has 1 fully saturated rings. The Morgan fingerprint density at radius 1 is 1.26 bits per heavy atom. The van der Waals surface area contributed by atoms with Gasteiger partial charge in [0.05, 0.1) is 12.1 Å². The highest BCUT2D eigenvalue weighted by atomic mass is 16.1. The van der Waals surface area contributed by atoms with E-state index in [-0.39, 0.29) is 5.91 Å². The molecular weight excluding hydrogens is 292 g/mol. The molecule has 0 atom stereocenters. The number of amides is 1. The number of nitrogens with one attached hydrogen (secondary N) is 1. The molecule has 1 aliphatic carbocycles. The normalized spacial score (nSPS) is 14.3. The fourth-order valence-electron chi connectivity index (χ4n) is 3.15. The molecule has 7 heteroatoms. The molecule has 0 aliphatic heterocycles. The quantitative estimate of drug-likeness (QED) is 0.883. The molecule has 1 saturated carbocycles. The van der Waals surface area contributed by atoms with E-state index in [0.29, 0.717) is 18.4 Å². The number of nitrogens with zero attached hydrogens (tertiary/aromatic N) is 5. The van der Waals surface area contributed by atoms with Crippen molar-refractivity contribution < 1.29 is 4.79 Å². The molecule has 2 heterocycles. The molecule has 23 heavy (non-hydrogen) atoms. The van der Waals surface area contributed by atoms with Crippen LogP contribution in [0.4, 0.5) is 5.95 Å². The van der Waals surface area contributed by atoms with Crippen molar-refractivity contribution in [1.82, 2.24) is 24.5 Å². The second-order valence-electron chi connectivity index (χ2n) is 6.10. The topological polar surface area (TPSA) is 77.6 Å². The molecule has 3 rings (SSSR count). The summed E-state index contributed by atoms with van der Waals surface area (Å²) in [5.74, 6) is 1.36. The van der Waals surface area contributed by atoms with E-state index < -0.39 is 0 Å². The molecule has 0 saturated heterocycles. The summed E-state index contributed by atoms with van der Waals surface area (Å²) in [6.07, 6.45) is 4.28. The highest BCUT2D eigenvalue weighted by Crippen LogP contribution is 2.37. The lowest BCUT2D eigenvalue weighted by Crippen LogP contribution is -2.19. The predicted molar refractivity (Wildman–Crippen MR) is 87.3 cm³/mol. The zero-order chi connectivity index (χ0) is 16.6. The first kappa shape index (κ1) is 15.7. The van der Waals surface area contributed by atoms with Crippen LogP contribution in [-0.2, 0) is 31.1 Å². The van der Waals surface area contributed by atoms with Gasteiger partial charge >= 0.3 is 0 Å². The Morgan fingerprint density at radius 3 is 2.61 bits per heavy atom. The van der Waals surface area contributed by atoms with E-state index in [1.165, 1.54) is 0 Å². The van der Waals surface area contributed by atoms with Crippen LogP contribution in [0.3, 0.4) is 0 Å². The number of carbonyl (C=O) groups excluding carboxylic acids is 1. The van der Waals surface area contributed by atoms with E-state index in [4.69, 9.17) is 0 Å². The number of hydrogen-bond donors (Lipinski definition) is 1. The molecule has 1 N–H and O–H groups in total. The number of aryl methyl sites for hydroxylation is 3. The Balaban J connectivity index is 1.78. The minimum atomic E-state index is -0.0586. The summed E-state index contributed by atoms with van der Waals surface area (Å²) < 4.78 is 3.92. The van der Waals surface area contributed by atoms with Gasteiger partial charge in [-0.25, -0.2) is 0 Å². The molecule has 2 aromatic rings. The van der Waals surface area contributed by atoms with Crippen molar-refractivity contribution in [2.45, 2.75) is 58.9 Å². The fourth-order valence-corrected chi connectivity index (χ4v) is 3.15. The third-order valence-corrected chi connectivity index (χ3v) is 4.39. The van der Waals surface area contributed by atoms with Crippen molar-refractivity contribution in [3.63, 3.8) is 0 Å². The molecule has 1 amide bonds. The summed E-state index contributed by atoms with van der Waals surface area (Å²) in [5.41, 5.74) is 3.17. The van der Waals surface area contributed by atoms with E-state index in [1.807, 2.05) is 23.2 Å². The van der Waals surface area contributed by atoms with Gasteiger partial charge in [0.2, 0.25) is 11.9 Å². The highest BCUT2D eigenvalue weighted by molar-refractivity contribution is 5.91. The lowest BCUT2D eigenvalue weighted by Gasteiger charge is -2.09. The zero-order valence-corrected chi connectivity index (χ0v) is 14.3. The summed E-state index contributed by atoms with van der Waals surface area (Å²) in [5, 5.41) is 15.7. The number of carbonyl (C=O) groups is 1. The van der Waals surface area contributed by atoms with Gasteiger partial charge < -0.3 is 0 Å². The number of hydrogen-bond acceptors (Lipinski definition) is 4. The molecule has 124 valence electrons. The Bertz CT molecular complexity index is 725. The Labute approximate surface area is 136 Å².